The van der Waals surface area contributed by atoms with Crippen molar-refractivity contribution in [1.29, 1.82) is 0 Å². The third-order valence-corrected chi connectivity index (χ3v) is 10.1. The summed E-state index contributed by atoms with van der Waals surface area (Å²) in [5, 5.41) is 9.43. The van der Waals surface area contributed by atoms with Crippen LogP contribution in [-0.2, 0) is 9.47 Å². The van der Waals surface area contributed by atoms with Crippen LogP contribution in [0.3, 0.4) is 0 Å². The average molecular weight is 472 g/mol. The lowest BCUT2D eigenvalue weighted by atomic mass is 9.45. The Balaban J connectivity index is 1.28. The molecule has 5 rings (SSSR count). The van der Waals surface area contributed by atoms with Crippen molar-refractivity contribution in [1.82, 2.24) is 4.98 Å². The minimum absolute atomic E-state index is 0.000403. The SMILES string of the molecule is CC1CCC2[C@]3(C)CO[C@@H](C4CCCC4)O[C@@H]3CC[C@@]2(C)[C@@H]1CCOc1ccncc1C(=O)O. The van der Waals surface area contributed by atoms with E-state index in [0.29, 0.717) is 42.1 Å². The van der Waals surface area contributed by atoms with E-state index in [1.165, 1.54) is 51.1 Å². The van der Waals surface area contributed by atoms with Gasteiger partial charge in [-0.05, 0) is 67.8 Å². The first-order valence-electron chi connectivity index (χ1n) is 13.4. The fraction of sp³-hybridized carbons (Fsp3) is 0.786. The highest BCUT2D eigenvalue weighted by Gasteiger charge is 2.60. The van der Waals surface area contributed by atoms with Crippen LogP contribution in [0.2, 0.25) is 0 Å². The van der Waals surface area contributed by atoms with Crippen molar-refractivity contribution in [2.45, 2.75) is 91.0 Å². The van der Waals surface area contributed by atoms with E-state index in [4.69, 9.17) is 14.2 Å². The summed E-state index contributed by atoms with van der Waals surface area (Å²) in [6, 6.07) is 1.65. The highest BCUT2D eigenvalue weighted by atomic mass is 16.7. The molecule has 2 unspecified atom stereocenters. The third-order valence-electron chi connectivity index (χ3n) is 10.1. The Kier molecular flexibility index (Phi) is 6.66. The number of carboxylic acids is 1. The van der Waals surface area contributed by atoms with Gasteiger partial charge in [-0.1, -0.05) is 40.0 Å². The molecule has 1 aromatic heterocycles. The number of hydrogen-bond donors (Lipinski definition) is 1. The van der Waals surface area contributed by atoms with Crippen LogP contribution >= 0.6 is 0 Å². The van der Waals surface area contributed by atoms with E-state index >= 15 is 0 Å². The molecule has 0 aromatic carbocycles. The van der Waals surface area contributed by atoms with Gasteiger partial charge in [0.15, 0.2) is 6.29 Å². The normalized spacial score (nSPS) is 40.4. The maximum Gasteiger partial charge on any atom is 0.341 e. The van der Waals surface area contributed by atoms with Crippen molar-refractivity contribution >= 4 is 5.97 Å². The summed E-state index contributed by atoms with van der Waals surface area (Å²) in [6.45, 7) is 8.65. The summed E-state index contributed by atoms with van der Waals surface area (Å²) in [4.78, 5) is 15.4. The molecular weight excluding hydrogens is 430 g/mol. The molecule has 0 bridgehead atoms. The molecule has 6 nitrogen and oxygen atoms in total. The molecule has 4 fully saturated rings. The molecule has 0 radical (unpaired) electrons. The summed E-state index contributed by atoms with van der Waals surface area (Å²) in [6.07, 6.45) is 14.0. The van der Waals surface area contributed by atoms with Gasteiger partial charge in [0, 0.05) is 23.7 Å². The number of hydrogen-bond acceptors (Lipinski definition) is 5. The van der Waals surface area contributed by atoms with Crippen molar-refractivity contribution < 1.29 is 24.1 Å². The molecule has 34 heavy (non-hydrogen) atoms. The van der Waals surface area contributed by atoms with Crippen molar-refractivity contribution in [3.8, 4) is 5.75 Å². The number of ether oxygens (including phenoxy) is 3. The smallest absolute Gasteiger partial charge is 0.341 e. The molecule has 6 heteroatoms. The zero-order chi connectivity index (χ0) is 23.9. The molecule has 1 N–H and O–H groups in total. The van der Waals surface area contributed by atoms with Gasteiger partial charge in [-0.15, -0.1) is 0 Å². The Morgan fingerprint density at radius 2 is 1.97 bits per heavy atom. The number of aromatic carboxylic acids is 1. The maximum absolute atomic E-state index is 11.5. The molecule has 188 valence electrons. The first-order valence-corrected chi connectivity index (χ1v) is 13.4. The van der Waals surface area contributed by atoms with Crippen LogP contribution < -0.4 is 4.74 Å². The fourth-order valence-electron chi connectivity index (χ4n) is 8.24. The summed E-state index contributed by atoms with van der Waals surface area (Å²) in [5.74, 6) is 1.72. The van der Waals surface area contributed by atoms with E-state index in [2.05, 4.69) is 25.8 Å². The first-order chi connectivity index (χ1) is 16.3. The fourth-order valence-corrected chi connectivity index (χ4v) is 8.24. The molecule has 2 heterocycles. The summed E-state index contributed by atoms with van der Waals surface area (Å²) >= 11 is 0. The number of pyridine rings is 1. The van der Waals surface area contributed by atoms with Gasteiger partial charge in [0.05, 0.1) is 19.3 Å². The van der Waals surface area contributed by atoms with Crippen LogP contribution in [0.15, 0.2) is 18.5 Å². The number of nitrogens with zero attached hydrogens (tertiary/aromatic N) is 1. The predicted molar refractivity (Wildman–Crippen MR) is 129 cm³/mol. The zero-order valence-corrected chi connectivity index (χ0v) is 21.0. The van der Waals surface area contributed by atoms with Gasteiger partial charge in [0.25, 0.3) is 0 Å². The topological polar surface area (TPSA) is 77.9 Å². The van der Waals surface area contributed by atoms with Crippen molar-refractivity contribution in [3.05, 3.63) is 24.0 Å². The maximum atomic E-state index is 11.5. The lowest BCUT2D eigenvalue weighted by molar-refractivity contribution is -0.319. The molecule has 1 aliphatic heterocycles. The molecular formula is C28H41NO5. The number of carboxylic acid groups (broad SMARTS) is 1. The minimum atomic E-state index is -0.999. The van der Waals surface area contributed by atoms with Crippen LogP contribution in [0.4, 0.5) is 0 Å². The molecule has 3 aliphatic carbocycles. The largest absolute Gasteiger partial charge is 0.493 e. The third kappa shape index (κ3) is 4.15. The number of carbonyl (C=O) groups is 1. The van der Waals surface area contributed by atoms with Crippen LogP contribution in [0, 0.1) is 34.5 Å². The van der Waals surface area contributed by atoms with Crippen LogP contribution in [0.5, 0.6) is 5.75 Å². The molecule has 3 saturated carbocycles. The van der Waals surface area contributed by atoms with Gasteiger partial charge in [0.1, 0.15) is 11.3 Å². The Bertz CT molecular complexity index is 885. The Morgan fingerprint density at radius 3 is 2.74 bits per heavy atom. The Hall–Kier alpha value is -1.66. The molecule has 0 spiro atoms. The lowest BCUT2D eigenvalue weighted by Gasteiger charge is -2.63. The number of rotatable bonds is 6. The van der Waals surface area contributed by atoms with Gasteiger partial charge in [-0.3, -0.25) is 4.98 Å². The summed E-state index contributed by atoms with van der Waals surface area (Å²) < 4.78 is 19.2. The van der Waals surface area contributed by atoms with E-state index in [1.807, 2.05) is 0 Å². The number of aromatic nitrogens is 1. The quantitative estimate of drug-likeness (QED) is 0.552. The van der Waals surface area contributed by atoms with Crippen LogP contribution in [-0.4, -0.2) is 41.7 Å². The van der Waals surface area contributed by atoms with Gasteiger partial charge in [-0.2, -0.15) is 0 Å². The predicted octanol–water partition coefficient (Wildman–Crippen LogP) is 5.95. The second-order valence-electron chi connectivity index (χ2n) is 11.9. The molecule has 7 atom stereocenters. The highest BCUT2D eigenvalue weighted by Crippen LogP contribution is 2.63. The second-order valence-corrected chi connectivity index (χ2v) is 11.9. The van der Waals surface area contributed by atoms with E-state index in [-0.39, 0.29) is 22.7 Å². The Morgan fingerprint density at radius 1 is 1.18 bits per heavy atom. The van der Waals surface area contributed by atoms with Gasteiger partial charge < -0.3 is 19.3 Å². The molecule has 0 amide bonds. The Labute approximate surface area is 203 Å². The van der Waals surface area contributed by atoms with Crippen LogP contribution in [0.25, 0.3) is 0 Å². The first kappa shape index (κ1) is 24.1. The van der Waals surface area contributed by atoms with Gasteiger partial charge in [0.2, 0.25) is 0 Å². The second kappa shape index (κ2) is 9.42. The lowest BCUT2D eigenvalue weighted by Crippen LogP contribution is -2.62. The van der Waals surface area contributed by atoms with Crippen molar-refractivity contribution in [2.24, 2.45) is 34.5 Å². The number of fused-ring (bicyclic) bond motifs is 3. The minimum Gasteiger partial charge on any atom is -0.493 e. The van der Waals surface area contributed by atoms with Gasteiger partial charge in [-0.25, -0.2) is 4.79 Å². The monoisotopic (exact) mass is 471 g/mol. The summed E-state index contributed by atoms with van der Waals surface area (Å²) in [7, 11) is 0. The van der Waals surface area contributed by atoms with E-state index in [0.717, 1.165) is 19.4 Å². The highest BCUT2D eigenvalue weighted by molar-refractivity contribution is 5.90. The van der Waals surface area contributed by atoms with Gasteiger partial charge >= 0.3 is 5.97 Å². The average Bonchev–Trinajstić information content (AvgIpc) is 3.35. The van der Waals surface area contributed by atoms with E-state index in [1.54, 1.807) is 12.3 Å². The van der Waals surface area contributed by atoms with E-state index in [9.17, 15) is 9.90 Å². The van der Waals surface area contributed by atoms with Crippen molar-refractivity contribution in [3.63, 3.8) is 0 Å². The standard InChI is InChI=1S/C28H41NO5/c1-18-8-9-23-27(2,21(18)12-15-32-22-11-14-29-16-20(22)25(30)31)13-10-24-28(23,3)17-33-26(34-24)19-6-4-5-7-19/h11,14,16,18-19,21,23-24,26H,4-10,12-13,15,17H2,1-3H3,(H,30,31)/t18?,21-,23?,24-,26-,27+,28+/m1/s1. The van der Waals surface area contributed by atoms with Crippen LogP contribution in [0.1, 0.15) is 88.9 Å². The molecule has 1 aromatic rings. The zero-order valence-electron chi connectivity index (χ0n) is 21.0. The van der Waals surface area contributed by atoms with Crippen molar-refractivity contribution in [2.75, 3.05) is 13.2 Å². The van der Waals surface area contributed by atoms with E-state index < -0.39 is 5.97 Å². The summed E-state index contributed by atoms with van der Waals surface area (Å²) in [5.41, 5.74) is 0.403. The molecule has 1 saturated heterocycles. The molecule has 4 aliphatic rings.